The Labute approximate surface area is 438 Å². The van der Waals surface area contributed by atoms with Gasteiger partial charge in [0, 0.05) is 0 Å². The van der Waals surface area contributed by atoms with Crippen LogP contribution < -0.4 is 24.8 Å². The maximum atomic E-state index is 2.26. The largest absolute Gasteiger partial charge is 0.210 e. The van der Waals surface area contributed by atoms with E-state index in [9.17, 15) is 0 Å². The van der Waals surface area contributed by atoms with Gasteiger partial charge >= 0.3 is 198 Å². The second kappa shape index (κ2) is 30.0. The quantitative estimate of drug-likeness (QED) is 0.122. The monoisotopic (exact) mass is 1240 g/mol. The molecule has 0 amide bonds. The number of aryl methyl sites for hydroxylation is 8. The topological polar surface area (TPSA) is 0 Å². The van der Waals surface area contributed by atoms with E-state index in [1.54, 1.807) is 44.5 Å². The zero-order valence-corrected chi connectivity index (χ0v) is 47.2. The molecule has 0 aromatic heterocycles. The van der Waals surface area contributed by atoms with Gasteiger partial charge in [0.15, 0.2) is 0 Å². The number of fused-ring (bicyclic) bond motifs is 4. The Hall–Kier alpha value is -3.66. The molecule has 8 aromatic rings. The van der Waals surface area contributed by atoms with E-state index in [2.05, 4.69) is 194 Å². The standard InChI is InChI=1S/2C13H10.4C9H11.2ClH.2Hf/c2*1-3-7-12(8-4-1)11-13-9-5-2-6-10-13;4*1-2-5-9-7-3-6-8(9)4-1;;;;/h2*1-10H;4*3,6-7H,1-2,4-5H2;2*1H;;/q;;4*-1;;;2*+2/p-2. The second-order valence-corrected chi connectivity index (χ2v) is 20.9. The van der Waals surface area contributed by atoms with Crippen LogP contribution in [0.5, 0.6) is 0 Å². The summed E-state index contributed by atoms with van der Waals surface area (Å²) in [5.74, 6) is 0. The molecule has 0 heterocycles. The van der Waals surface area contributed by atoms with Gasteiger partial charge in [-0.1, -0.05) is 103 Å². The number of hydrogen-bond donors (Lipinski definition) is 0. The van der Waals surface area contributed by atoms with Crippen LogP contribution in [0, 0.1) is 0 Å². The fourth-order valence-corrected chi connectivity index (χ4v) is 11.6. The first-order valence-electron chi connectivity index (χ1n) is 23.9. The van der Waals surface area contributed by atoms with Crippen LogP contribution in [0.15, 0.2) is 194 Å². The molecule has 12 rings (SSSR count). The van der Waals surface area contributed by atoms with Crippen molar-refractivity contribution in [2.45, 2.75) is 103 Å². The molecule has 0 N–H and O–H groups in total. The summed E-state index contributed by atoms with van der Waals surface area (Å²) < 4.78 is 2.93. The first-order chi connectivity index (χ1) is 31.6. The van der Waals surface area contributed by atoms with E-state index in [0.29, 0.717) is 0 Å². The van der Waals surface area contributed by atoms with Crippen LogP contribution in [0.4, 0.5) is 0 Å². The first kappa shape index (κ1) is 53.3. The molecule has 0 saturated carbocycles. The van der Waals surface area contributed by atoms with Gasteiger partial charge in [0.25, 0.3) is 0 Å². The van der Waals surface area contributed by atoms with Crippen LogP contribution in [0.2, 0.25) is 0 Å². The average Bonchev–Trinajstić information content (AvgIpc) is 4.24. The molecule has 0 unspecified atom stereocenters. The first-order valence-corrected chi connectivity index (χ1v) is 27.5. The minimum Gasteiger partial charge on any atom is -0.210 e. The van der Waals surface area contributed by atoms with E-state index in [4.69, 9.17) is 0 Å². The summed E-state index contributed by atoms with van der Waals surface area (Å²) in [6.45, 7) is 0. The molecule has 4 heteroatoms. The molecule has 0 fully saturated rings. The van der Waals surface area contributed by atoms with Crippen molar-refractivity contribution in [3.63, 3.8) is 0 Å². The molecule has 0 radical (unpaired) electrons. The molecule has 8 aromatic carbocycles. The minimum absolute atomic E-state index is 0. The van der Waals surface area contributed by atoms with E-state index < -0.39 is 0 Å². The molecule has 0 spiro atoms. The van der Waals surface area contributed by atoms with Crippen molar-refractivity contribution in [3.8, 4) is 0 Å². The molecule has 336 valence electrons. The van der Waals surface area contributed by atoms with Crippen LogP contribution in [0.3, 0.4) is 0 Å². The predicted octanol–water partition coefficient (Wildman–Crippen LogP) is 8.75. The Morgan fingerprint density at radius 2 is 0.470 bits per heavy atom. The number of halogens is 2. The molecule has 66 heavy (non-hydrogen) atoms. The van der Waals surface area contributed by atoms with Gasteiger partial charge in [0.2, 0.25) is 0 Å². The summed E-state index contributed by atoms with van der Waals surface area (Å²) in [7, 11) is 0. The summed E-state index contributed by atoms with van der Waals surface area (Å²) >= 11 is 2.16. The van der Waals surface area contributed by atoms with E-state index in [0.717, 1.165) is 47.8 Å². The molecule has 0 bridgehead atoms. The van der Waals surface area contributed by atoms with Crippen molar-refractivity contribution in [1.82, 2.24) is 0 Å². The van der Waals surface area contributed by atoms with E-state index in [1.807, 2.05) is 0 Å². The predicted molar refractivity (Wildman–Crippen MR) is 267 cm³/mol. The molecule has 4 aliphatic rings. The van der Waals surface area contributed by atoms with Crippen molar-refractivity contribution < 1.29 is 72.6 Å². The van der Waals surface area contributed by atoms with Gasteiger partial charge in [0.1, 0.15) is 0 Å². The van der Waals surface area contributed by atoms with E-state index >= 15 is 0 Å². The maximum Gasteiger partial charge on any atom is -0.0512 e. The molecular formula is C62H64Cl2Hf2-2. The number of benzene rings is 4. The Balaban J connectivity index is 0.000000149. The van der Waals surface area contributed by atoms with Crippen LogP contribution in [0.25, 0.3) is 0 Å². The zero-order chi connectivity index (χ0) is 44.0. The third-order valence-electron chi connectivity index (χ3n) is 12.8. The molecule has 0 atom stereocenters. The van der Waals surface area contributed by atoms with Gasteiger partial charge in [-0.05, 0) is 0 Å². The molecule has 0 aliphatic heterocycles. The molecule has 0 nitrogen and oxygen atoms in total. The minimum atomic E-state index is 0. The normalized spacial score (nSPS) is 13.6. The Morgan fingerprint density at radius 3 is 0.667 bits per heavy atom. The molecule has 0 saturated heterocycles. The van der Waals surface area contributed by atoms with Gasteiger partial charge in [-0.25, -0.2) is 24.3 Å². The maximum absolute atomic E-state index is 2.26. The van der Waals surface area contributed by atoms with Crippen molar-refractivity contribution in [1.29, 1.82) is 0 Å². The van der Waals surface area contributed by atoms with E-state index in [-0.39, 0.29) is 24.8 Å². The van der Waals surface area contributed by atoms with Gasteiger partial charge in [-0.2, -0.15) is 93.0 Å². The Kier molecular flexibility index (Phi) is 24.2. The summed E-state index contributed by atoms with van der Waals surface area (Å²) in [5, 5.41) is 0. The fraction of sp³-hybridized carbons (Fsp3) is 0.258. The van der Waals surface area contributed by atoms with Crippen LogP contribution in [-0.2, 0) is 99.2 Å². The number of hydrogen-bond acceptors (Lipinski definition) is 0. The molecule has 4 aliphatic carbocycles. The van der Waals surface area contributed by atoms with Crippen LogP contribution >= 0.6 is 0 Å². The summed E-state index contributed by atoms with van der Waals surface area (Å²) in [6, 6.07) is 69.2. The third-order valence-corrected chi connectivity index (χ3v) is 17.0. The van der Waals surface area contributed by atoms with Crippen molar-refractivity contribution >= 4 is 6.51 Å². The van der Waals surface area contributed by atoms with Gasteiger partial charge in [0.05, 0.1) is 0 Å². The fourth-order valence-electron chi connectivity index (χ4n) is 9.21. The van der Waals surface area contributed by atoms with Crippen molar-refractivity contribution in [2.75, 3.05) is 0 Å². The Morgan fingerprint density at radius 1 is 0.273 bits per heavy atom. The van der Waals surface area contributed by atoms with Crippen LogP contribution in [-0.4, -0.2) is 6.51 Å². The summed E-state index contributed by atoms with van der Waals surface area (Å²) in [6.07, 6.45) is 21.8. The van der Waals surface area contributed by atoms with E-state index in [1.165, 1.54) is 131 Å². The average molecular weight is 1240 g/mol. The molecular weight excluding hydrogens is 1170 g/mol. The van der Waals surface area contributed by atoms with Gasteiger partial charge in [-0.3, -0.25) is 0 Å². The van der Waals surface area contributed by atoms with Gasteiger partial charge < -0.3 is 24.8 Å². The van der Waals surface area contributed by atoms with Crippen LogP contribution in [0.1, 0.15) is 118 Å². The smallest absolute Gasteiger partial charge is 0.0512 e. The second-order valence-electron chi connectivity index (χ2n) is 17.3. The summed E-state index contributed by atoms with van der Waals surface area (Å²) in [5.41, 5.74) is 18.2. The van der Waals surface area contributed by atoms with Gasteiger partial charge in [-0.15, -0.1) is 0 Å². The van der Waals surface area contributed by atoms with Crippen molar-refractivity contribution in [3.05, 3.63) is 261 Å². The SMILES string of the molecule is [Cl-].[Cl-].[Hf+2]=[C](c1ccccc1)c1ccccc1.[Hf+2]=[C](c1ccccc1)c1ccccc1.c1cc2c([cH-]1)CCCC2.c1cc2c([cH-]1)CCCC2.c1cc2c([cH-]1)CCCC2.c1cc2c([cH-]1)CCCC2. The zero-order valence-electron chi connectivity index (χ0n) is 38.5. The summed E-state index contributed by atoms with van der Waals surface area (Å²) in [4.78, 5) is 0. The number of rotatable bonds is 4. The Bertz CT molecular complexity index is 2100. The third kappa shape index (κ3) is 16.8. The van der Waals surface area contributed by atoms with Crippen molar-refractivity contribution in [2.24, 2.45) is 0 Å².